The number of halogens is 7. The number of phosphoric ester groups is 1. The van der Waals surface area contributed by atoms with E-state index in [0.717, 1.165) is 0 Å². The largest absolute Gasteiger partial charge is 0.470 e. The molecule has 0 spiro atoms. The van der Waals surface area contributed by atoms with Gasteiger partial charge in [0.05, 0.1) is 5.60 Å². The van der Waals surface area contributed by atoms with Crippen molar-refractivity contribution in [3.8, 4) is 0 Å². The smallest absolute Gasteiger partial charge is 0.303 e. The van der Waals surface area contributed by atoms with Crippen molar-refractivity contribution in [3.05, 3.63) is 0 Å². The molecule has 12 heteroatoms. The number of hydrogen-bond donors (Lipinski definition) is 2. The Bertz CT molecular complexity index is 370. The van der Waals surface area contributed by atoms with Crippen molar-refractivity contribution in [2.75, 3.05) is 29.4 Å². The lowest BCUT2D eigenvalue weighted by Gasteiger charge is -2.49. The van der Waals surface area contributed by atoms with E-state index in [4.69, 9.17) is 85.7 Å². The van der Waals surface area contributed by atoms with Gasteiger partial charge in [-0.3, -0.25) is 4.52 Å². The second-order valence-electron chi connectivity index (χ2n) is 5.17. The van der Waals surface area contributed by atoms with E-state index >= 15 is 0 Å². The molecule has 0 fully saturated rings. The normalized spacial score (nSPS) is 18.5. The van der Waals surface area contributed by atoms with Crippen molar-refractivity contribution in [3.63, 3.8) is 0 Å². The Morgan fingerprint density at radius 2 is 1.22 bits per heavy atom. The molecule has 0 amide bonds. The third-order valence-corrected chi connectivity index (χ3v) is 7.27. The zero-order chi connectivity index (χ0) is 18.3. The van der Waals surface area contributed by atoms with Crippen molar-refractivity contribution < 1.29 is 18.9 Å². The summed E-state index contributed by atoms with van der Waals surface area (Å²) in [6.07, 6.45) is -0.120. The van der Waals surface area contributed by atoms with Crippen LogP contribution in [0, 0.1) is 5.41 Å². The van der Waals surface area contributed by atoms with E-state index in [1.54, 1.807) is 0 Å². The minimum absolute atomic E-state index is 0.0184. The number of rotatable bonds is 12. The third kappa shape index (κ3) is 7.34. The highest BCUT2D eigenvalue weighted by Gasteiger charge is 2.55. The van der Waals surface area contributed by atoms with Crippen LogP contribution >= 0.6 is 89.0 Å². The zero-order valence-corrected chi connectivity index (χ0v) is 18.1. The summed E-state index contributed by atoms with van der Waals surface area (Å²) in [5.74, 6) is -0.345. The van der Waals surface area contributed by atoms with Crippen molar-refractivity contribution in [1.82, 2.24) is 0 Å². The first-order valence-electron chi connectivity index (χ1n) is 6.39. The maximum absolute atomic E-state index is 11.6. The van der Waals surface area contributed by atoms with Crippen LogP contribution in [0.3, 0.4) is 0 Å². The van der Waals surface area contributed by atoms with E-state index in [9.17, 15) is 14.4 Å². The molecule has 0 aliphatic carbocycles. The summed E-state index contributed by atoms with van der Waals surface area (Å²) in [7, 11) is -4.94. The van der Waals surface area contributed by atoms with Gasteiger partial charge in [-0.25, -0.2) is 4.57 Å². The van der Waals surface area contributed by atoms with Crippen molar-refractivity contribution in [2.24, 2.45) is 5.41 Å². The summed E-state index contributed by atoms with van der Waals surface area (Å²) in [6.45, 7) is 0. The van der Waals surface area contributed by atoms with Gasteiger partial charge in [0.25, 0.3) is 0 Å². The Balaban J connectivity index is 6.13. The van der Waals surface area contributed by atoms with E-state index in [1.807, 2.05) is 0 Å². The molecule has 23 heavy (non-hydrogen) atoms. The van der Waals surface area contributed by atoms with Crippen molar-refractivity contribution >= 4 is 89.0 Å². The Morgan fingerprint density at radius 1 is 0.870 bits per heavy atom. The molecule has 2 N–H and O–H groups in total. The lowest BCUT2D eigenvalue weighted by molar-refractivity contribution is -0.0592. The summed E-state index contributed by atoms with van der Waals surface area (Å²) in [5, 5.41) is -1.34. The topological polar surface area (TPSA) is 66.8 Å². The molecule has 140 valence electrons. The Hall–Kier alpha value is 2.14. The van der Waals surface area contributed by atoms with Gasteiger partial charge in [0.1, 0.15) is 0 Å². The second-order valence-corrected chi connectivity index (χ2v) is 8.99. The molecule has 0 aliphatic rings. The molecule has 2 atom stereocenters. The highest BCUT2D eigenvalue weighted by Crippen LogP contribution is 2.54. The van der Waals surface area contributed by atoms with Gasteiger partial charge in [0.2, 0.25) is 0 Å². The molecule has 0 bridgehead atoms. The molecule has 0 aromatic carbocycles. The standard InChI is InChI=1S/C11H18Cl7O4P/c12-3-8(17)1-11(2-9(18)4-13,22-23(19,20)21)10(5-14,6-15)7-16/h8-9H,1-7H2,(H2,19,20,21). The van der Waals surface area contributed by atoms with Crippen LogP contribution in [0.25, 0.3) is 0 Å². The third-order valence-electron chi connectivity index (χ3n) is 3.46. The van der Waals surface area contributed by atoms with Gasteiger partial charge in [0, 0.05) is 45.6 Å². The fourth-order valence-electron chi connectivity index (χ4n) is 2.21. The zero-order valence-electron chi connectivity index (χ0n) is 11.9. The molecule has 4 nitrogen and oxygen atoms in total. The molecule has 0 saturated carbocycles. The summed E-state index contributed by atoms with van der Waals surface area (Å²) < 4.78 is 16.7. The van der Waals surface area contributed by atoms with Crippen LogP contribution in [0.2, 0.25) is 0 Å². The molecule has 0 rings (SSSR count). The maximum atomic E-state index is 11.6. The minimum Gasteiger partial charge on any atom is -0.303 e. The second kappa shape index (κ2) is 11.1. The first kappa shape index (κ1) is 25.1. The lowest BCUT2D eigenvalue weighted by Crippen LogP contribution is -2.56. The monoisotopic (exact) mass is 490 g/mol. The van der Waals surface area contributed by atoms with Crippen molar-refractivity contribution in [1.29, 1.82) is 0 Å². The van der Waals surface area contributed by atoms with Gasteiger partial charge in [0.15, 0.2) is 0 Å². The van der Waals surface area contributed by atoms with Crippen LogP contribution in [0.15, 0.2) is 0 Å². The van der Waals surface area contributed by atoms with Crippen LogP contribution < -0.4 is 0 Å². The molecule has 0 saturated heterocycles. The molecule has 2 unspecified atom stereocenters. The van der Waals surface area contributed by atoms with Crippen LogP contribution in [0.1, 0.15) is 12.8 Å². The van der Waals surface area contributed by atoms with E-state index < -0.39 is 29.6 Å². The quantitative estimate of drug-likeness (QED) is 0.296. The van der Waals surface area contributed by atoms with Gasteiger partial charge in [-0.1, -0.05) is 0 Å². The number of hydrogen-bond acceptors (Lipinski definition) is 2. The molecule has 0 aliphatic heterocycles. The van der Waals surface area contributed by atoms with E-state index in [0.29, 0.717) is 0 Å². The van der Waals surface area contributed by atoms with Gasteiger partial charge in [-0.05, 0) is 12.8 Å². The van der Waals surface area contributed by atoms with Gasteiger partial charge >= 0.3 is 7.82 Å². The minimum atomic E-state index is -4.94. The fourth-order valence-corrected chi connectivity index (χ4v) is 5.31. The Kier molecular flexibility index (Phi) is 12.1. The first-order valence-corrected chi connectivity index (χ1v) is 11.5. The van der Waals surface area contributed by atoms with Gasteiger partial charge < -0.3 is 9.79 Å². The highest BCUT2D eigenvalue weighted by molar-refractivity contribution is 7.46. The van der Waals surface area contributed by atoms with E-state index in [-0.39, 0.29) is 42.2 Å². The van der Waals surface area contributed by atoms with E-state index in [1.165, 1.54) is 0 Å². The van der Waals surface area contributed by atoms with Gasteiger partial charge in [-0.2, -0.15) is 0 Å². The molecular formula is C11H18Cl7O4P. The summed E-state index contributed by atoms with van der Waals surface area (Å²) in [4.78, 5) is 18.8. The Morgan fingerprint density at radius 3 is 1.43 bits per heavy atom. The molecule has 0 aromatic heterocycles. The predicted octanol–water partition coefficient (Wildman–Crippen LogP) is 5.01. The van der Waals surface area contributed by atoms with Crippen LogP contribution in [-0.4, -0.2) is 55.5 Å². The average molecular weight is 493 g/mol. The first-order chi connectivity index (χ1) is 10.5. The number of alkyl halides is 7. The Labute approximate surface area is 171 Å². The highest BCUT2D eigenvalue weighted by atomic mass is 35.5. The molecule has 0 heterocycles. The molecule has 0 aromatic rings. The lowest BCUT2D eigenvalue weighted by atomic mass is 9.70. The predicted molar refractivity (Wildman–Crippen MR) is 100 cm³/mol. The van der Waals surface area contributed by atoms with Crippen molar-refractivity contribution in [2.45, 2.75) is 29.2 Å². The summed E-state index contributed by atoms with van der Waals surface area (Å²) >= 11 is 41.8. The van der Waals surface area contributed by atoms with E-state index in [2.05, 4.69) is 0 Å². The maximum Gasteiger partial charge on any atom is 0.470 e. The van der Waals surface area contributed by atoms with Crippen LogP contribution in [0.5, 0.6) is 0 Å². The van der Waals surface area contributed by atoms with Gasteiger partial charge in [-0.15, -0.1) is 81.2 Å². The summed E-state index contributed by atoms with van der Waals surface area (Å²) in [6, 6.07) is 0. The molecular weight excluding hydrogens is 475 g/mol. The molecule has 0 radical (unpaired) electrons. The summed E-state index contributed by atoms with van der Waals surface area (Å²) in [5.41, 5.74) is -2.79. The average Bonchev–Trinajstić information content (AvgIpc) is 2.47. The number of phosphoric acid groups is 1. The SMILES string of the molecule is O=P(O)(O)OC(CC(Cl)CCl)(CC(Cl)CCl)C(CCl)(CCl)CCl. The van der Waals surface area contributed by atoms with Crippen LogP contribution in [-0.2, 0) is 9.09 Å². The fraction of sp³-hybridized carbons (Fsp3) is 1.00. The van der Waals surface area contributed by atoms with Crippen LogP contribution in [0.4, 0.5) is 0 Å².